The smallest absolute Gasteiger partial charge is 0.266 e. The van der Waals surface area contributed by atoms with E-state index in [2.05, 4.69) is 21.2 Å². The highest BCUT2D eigenvalue weighted by Crippen LogP contribution is 2.36. The molecule has 1 N–H and O–H groups in total. The Balaban J connectivity index is 2.34. The van der Waals surface area contributed by atoms with Crippen molar-refractivity contribution in [2.24, 2.45) is 0 Å². The van der Waals surface area contributed by atoms with Gasteiger partial charge in [-0.1, -0.05) is 23.2 Å². The molecular weight excluding hydrogens is 443 g/mol. The Bertz CT molecular complexity index is 903. The first-order valence-corrected chi connectivity index (χ1v) is 8.73. The van der Waals surface area contributed by atoms with Crippen molar-refractivity contribution in [2.75, 3.05) is 19.5 Å². The van der Waals surface area contributed by atoms with E-state index in [9.17, 15) is 10.1 Å². The Morgan fingerprint density at radius 1 is 1.15 bits per heavy atom. The Morgan fingerprint density at radius 2 is 1.81 bits per heavy atom. The van der Waals surface area contributed by atoms with Crippen LogP contribution < -0.4 is 14.8 Å². The third kappa shape index (κ3) is 4.92. The van der Waals surface area contributed by atoms with Gasteiger partial charge in [0.1, 0.15) is 11.6 Å². The van der Waals surface area contributed by atoms with Gasteiger partial charge in [0.15, 0.2) is 11.5 Å². The molecule has 0 saturated carbocycles. The summed E-state index contributed by atoms with van der Waals surface area (Å²) < 4.78 is 11.1. The van der Waals surface area contributed by atoms with Gasteiger partial charge in [-0.3, -0.25) is 4.79 Å². The van der Waals surface area contributed by atoms with E-state index in [4.69, 9.17) is 32.7 Å². The highest BCUT2D eigenvalue weighted by Gasteiger charge is 2.13. The van der Waals surface area contributed by atoms with E-state index < -0.39 is 5.91 Å². The summed E-state index contributed by atoms with van der Waals surface area (Å²) in [6, 6.07) is 9.86. The van der Waals surface area contributed by atoms with Crippen LogP contribution in [0.15, 0.2) is 40.4 Å². The summed E-state index contributed by atoms with van der Waals surface area (Å²) in [5.74, 6) is 0.394. The average Bonchev–Trinajstić information content (AvgIpc) is 2.57. The largest absolute Gasteiger partial charge is 0.493 e. The lowest BCUT2D eigenvalue weighted by molar-refractivity contribution is -0.112. The summed E-state index contributed by atoms with van der Waals surface area (Å²) in [5.41, 5.74) is 0.882. The van der Waals surface area contributed by atoms with Crippen molar-refractivity contribution in [3.8, 4) is 17.6 Å². The number of anilines is 1. The van der Waals surface area contributed by atoms with Gasteiger partial charge in [-0.2, -0.15) is 5.26 Å². The number of carbonyl (C=O) groups is 1. The van der Waals surface area contributed by atoms with Crippen molar-refractivity contribution >= 4 is 56.8 Å². The first kappa shape index (κ1) is 20.1. The van der Waals surface area contributed by atoms with Crippen molar-refractivity contribution in [1.82, 2.24) is 0 Å². The first-order chi connectivity index (χ1) is 12.4. The van der Waals surface area contributed by atoms with Gasteiger partial charge < -0.3 is 14.8 Å². The highest BCUT2D eigenvalue weighted by atomic mass is 79.9. The maximum atomic E-state index is 12.4. The summed E-state index contributed by atoms with van der Waals surface area (Å²) in [7, 11) is 3.01. The molecule has 0 aromatic heterocycles. The summed E-state index contributed by atoms with van der Waals surface area (Å²) >= 11 is 15.2. The molecule has 0 unspecified atom stereocenters. The normalized spacial score (nSPS) is 10.8. The molecule has 0 aliphatic rings. The van der Waals surface area contributed by atoms with Gasteiger partial charge in [0, 0.05) is 15.7 Å². The Kier molecular flexibility index (Phi) is 6.92. The van der Waals surface area contributed by atoms with Gasteiger partial charge >= 0.3 is 0 Å². The molecule has 0 heterocycles. The van der Waals surface area contributed by atoms with Crippen LogP contribution in [0.3, 0.4) is 0 Å². The molecule has 0 bridgehead atoms. The number of carbonyl (C=O) groups excluding carboxylic acids is 1. The Labute approximate surface area is 169 Å². The van der Waals surface area contributed by atoms with Gasteiger partial charge in [-0.25, -0.2) is 0 Å². The molecule has 2 aromatic carbocycles. The zero-order chi connectivity index (χ0) is 19.3. The van der Waals surface area contributed by atoms with Crippen LogP contribution in [0.25, 0.3) is 6.08 Å². The molecule has 0 aliphatic heterocycles. The van der Waals surface area contributed by atoms with Crippen molar-refractivity contribution in [1.29, 1.82) is 5.26 Å². The second-order valence-electron chi connectivity index (χ2n) is 5.02. The molecule has 134 valence electrons. The maximum Gasteiger partial charge on any atom is 0.266 e. The van der Waals surface area contributed by atoms with E-state index in [1.807, 2.05) is 6.07 Å². The van der Waals surface area contributed by atoms with E-state index in [-0.39, 0.29) is 5.57 Å². The molecule has 0 saturated heterocycles. The number of benzene rings is 2. The van der Waals surface area contributed by atoms with E-state index >= 15 is 0 Å². The fourth-order valence-electron chi connectivity index (χ4n) is 2.16. The van der Waals surface area contributed by atoms with E-state index in [1.54, 1.807) is 18.2 Å². The molecule has 2 rings (SSSR count). The third-order valence-electron chi connectivity index (χ3n) is 3.25. The van der Waals surface area contributed by atoms with Gasteiger partial charge in [0.25, 0.3) is 5.91 Å². The summed E-state index contributed by atoms with van der Waals surface area (Å²) in [6.45, 7) is 0. The monoisotopic (exact) mass is 454 g/mol. The van der Waals surface area contributed by atoms with Crippen LogP contribution in [0, 0.1) is 11.3 Å². The fourth-order valence-corrected chi connectivity index (χ4v) is 3.31. The first-order valence-electron chi connectivity index (χ1n) is 7.18. The minimum atomic E-state index is -0.586. The second kappa shape index (κ2) is 8.95. The third-order valence-corrected chi connectivity index (χ3v) is 4.28. The van der Waals surface area contributed by atoms with E-state index in [0.717, 1.165) is 0 Å². The van der Waals surface area contributed by atoms with Crippen LogP contribution in [0.1, 0.15) is 5.56 Å². The number of methoxy groups -OCH3 is 2. The number of halogens is 3. The Morgan fingerprint density at radius 3 is 2.35 bits per heavy atom. The SMILES string of the molecule is COc1cc(/C=C(/C#N)C(=O)Nc2cc(Cl)cc(Cl)c2)cc(Br)c1OC. The van der Waals surface area contributed by atoms with Crippen LogP contribution >= 0.6 is 39.1 Å². The number of hydrogen-bond acceptors (Lipinski definition) is 4. The number of nitrogens with one attached hydrogen (secondary N) is 1. The van der Waals surface area contributed by atoms with Crippen LogP contribution in [0.4, 0.5) is 5.69 Å². The topological polar surface area (TPSA) is 71.3 Å². The molecule has 0 atom stereocenters. The molecular formula is C18H13BrCl2N2O3. The van der Waals surface area contributed by atoms with Gasteiger partial charge in [0.2, 0.25) is 0 Å². The summed E-state index contributed by atoms with van der Waals surface area (Å²) in [4.78, 5) is 12.4. The lowest BCUT2D eigenvalue weighted by Gasteiger charge is -2.11. The number of nitriles is 1. The average molecular weight is 456 g/mol. The molecule has 0 radical (unpaired) electrons. The molecule has 5 nitrogen and oxygen atoms in total. The van der Waals surface area contributed by atoms with Crippen molar-refractivity contribution < 1.29 is 14.3 Å². The zero-order valence-corrected chi connectivity index (χ0v) is 16.9. The van der Waals surface area contributed by atoms with Crippen molar-refractivity contribution in [3.63, 3.8) is 0 Å². The molecule has 0 spiro atoms. The van der Waals surface area contributed by atoms with Crippen LogP contribution in [0.5, 0.6) is 11.5 Å². The summed E-state index contributed by atoms with van der Waals surface area (Å²) in [5, 5.41) is 12.7. The molecule has 1 amide bonds. The number of amides is 1. The number of rotatable bonds is 5. The molecule has 0 aliphatic carbocycles. The number of hydrogen-bond donors (Lipinski definition) is 1. The lowest BCUT2D eigenvalue weighted by Crippen LogP contribution is -2.13. The van der Waals surface area contributed by atoms with E-state index in [1.165, 1.54) is 32.4 Å². The molecule has 0 fully saturated rings. The van der Waals surface area contributed by atoms with Crippen LogP contribution in [-0.2, 0) is 4.79 Å². The highest BCUT2D eigenvalue weighted by molar-refractivity contribution is 9.10. The predicted molar refractivity (Wildman–Crippen MR) is 106 cm³/mol. The van der Waals surface area contributed by atoms with Crippen LogP contribution in [-0.4, -0.2) is 20.1 Å². The standard InChI is InChI=1S/C18H13BrCl2N2O3/c1-25-16-5-10(4-15(19)17(16)26-2)3-11(9-22)18(24)23-14-7-12(20)6-13(21)8-14/h3-8H,1-2H3,(H,23,24)/b11-3-. The molecule has 8 heteroatoms. The minimum Gasteiger partial charge on any atom is -0.493 e. The lowest BCUT2D eigenvalue weighted by atomic mass is 10.1. The van der Waals surface area contributed by atoms with E-state index in [0.29, 0.717) is 37.3 Å². The van der Waals surface area contributed by atoms with Gasteiger partial charge in [-0.15, -0.1) is 0 Å². The van der Waals surface area contributed by atoms with Crippen molar-refractivity contribution in [2.45, 2.75) is 0 Å². The summed E-state index contributed by atoms with van der Waals surface area (Å²) in [6.07, 6.45) is 1.44. The Hall–Kier alpha value is -2.20. The fraction of sp³-hybridized carbons (Fsp3) is 0.111. The molecule has 26 heavy (non-hydrogen) atoms. The van der Waals surface area contributed by atoms with Crippen LogP contribution in [0.2, 0.25) is 10.0 Å². The second-order valence-corrected chi connectivity index (χ2v) is 6.75. The van der Waals surface area contributed by atoms with Gasteiger partial charge in [0.05, 0.1) is 18.7 Å². The quantitative estimate of drug-likeness (QED) is 0.489. The number of nitrogens with zero attached hydrogens (tertiary/aromatic N) is 1. The minimum absolute atomic E-state index is 0.0970. The number of ether oxygens (including phenoxy) is 2. The van der Waals surface area contributed by atoms with Gasteiger partial charge in [-0.05, 0) is 57.9 Å². The van der Waals surface area contributed by atoms with Crippen molar-refractivity contribution in [3.05, 3.63) is 56.0 Å². The predicted octanol–water partition coefficient (Wildman–Crippen LogP) is 5.32. The maximum absolute atomic E-state index is 12.4. The zero-order valence-electron chi connectivity index (χ0n) is 13.8. The molecule has 2 aromatic rings.